The highest BCUT2D eigenvalue weighted by molar-refractivity contribution is 5.04. The zero-order valence-corrected chi connectivity index (χ0v) is 8.61. The van der Waals surface area contributed by atoms with Crippen molar-refractivity contribution < 1.29 is 0 Å². The SMILES string of the molecule is C=C(C)NC(=C)C(C)CCCC. The molecule has 0 saturated heterocycles. The van der Waals surface area contributed by atoms with Crippen LogP contribution in [0, 0.1) is 5.92 Å². The summed E-state index contributed by atoms with van der Waals surface area (Å²) >= 11 is 0. The summed E-state index contributed by atoms with van der Waals surface area (Å²) in [4.78, 5) is 0. The maximum atomic E-state index is 3.98. The van der Waals surface area contributed by atoms with Crippen LogP contribution in [0.15, 0.2) is 24.6 Å². The molecule has 0 amide bonds. The van der Waals surface area contributed by atoms with Gasteiger partial charge in [-0.25, -0.2) is 0 Å². The second-order valence-corrected chi connectivity index (χ2v) is 3.47. The average molecular weight is 167 g/mol. The van der Waals surface area contributed by atoms with E-state index in [4.69, 9.17) is 0 Å². The molecule has 0 aromatic heterocycles. The van der Waals surface area contributed by atoms with Crippen molar-refractivity contribution >= 4 is 0 Å². The second kappa shape index (κ2) is 5.87. The molecule has 1 unspecified atom stereocenters. The Morgan fingerprint density at radius 1 is 1.42 bits per heavy atom. The van der Waals surface area contributed by atoms with Gasteiger partial charge in [-0.05, 0) is 19.3 Å². The Morgan fingerprint density at radius 2 is 2.00 bits per heavy atom. The number of rotatable bonds is 6. The van der Waals surface area contributed by atoms with Crippen molar-refractivity contribution in [1.82, 2.24) is 5.32 Å². The van der Waals surface area contributed by atoms with Crippen LogP contribution >= 0.6 is 0 Å². The van der Waals surface area contributed by atoms with E-state index in [1.165, 1.54) is 19.3 Å². The first kappa shape index (κ1) is 11.3. The normalized spacial score (nSPS) is 12.2. The minimum Gasteiger partial charge on any atom is -0.363 e. The van der Waals surface area contributed by atoms with Crippen LogP contribution < -0.4 is 5.32 Å². The molecule has 1 nitrogen and oxygen atoms in total. The van der Waals surface area contributed by atoms with Gasteiger partial charge in [0, 0.05) is 11.4 Å². The molecular weight excluding hydrogens is 146 g/mol. The van der Waals surface area contributed by atoms with Crippen molar-refractivity contribution in [2.45, 2.75) is 40.0 Å². The highest BCUT2D eigenvalue weighted by Gasteiger charge is 2.04. The Balaban J connectivity index is 3.69. The van der Waals surface area contributed by atoms with Gasteiger partial charge in [-0.15, -0.1) is 0 Å². The van der Waals surface area contributed by atoms with Gasteiger partial charge in [0.2, 0.25) is 0 Å². The summed E-state index contributed by atoms with van der Waals surface area (Å²) in [6.07, 6.45) is 3.75. The molecule has 0 radical (unpaired) electrons. The molecule has 0 aliphatic heterocycles. The van der Waals surface area contributed by atoms with Crippen LogP contribution in [-0.2, 0) is 0 Å². The fraction of sp³-hybridized carbons (Fsp3) is 0.636. The first-order valence-electron chi connectivity index (χ1n) is 4.69. The quantitative estimate of drug-likeness (QED) is 0.639. The van der Waals surface area contributed by atoms with E-state index in [2.05, 4.69) is 32.3 Å². The van der Waals surface area contributed by atoms with Crippen LogP contribution in [0.2, 0.25) is 0 Å². The Hall–Kier alpha value is -0.720. The number of unbranched alkanes of at least 4 members (excludes halogenated alkanes) is 1. The molecule has 1 atom stereocenters. The van der Waals surface area contributed by atoms with Crippen molar-refractivity contribution in [3.8, 4) is 0 Å². The lowest BCUT2D eigenvalue weighted by molar-refractivity contribution is 0.550. The van der Waals surface area contributed by atoms with Crippen LogP contribution in [0.4, 0.5) is 0 Å². The molecule has 0 aliphatic carbocycles. The molecule has 0 aromatic rings. The van der Waals surface area contributed by atoms with Crippen molar-refractivity contribution in [2.24, 2.45) is 5.92 Å². The Bertz CT molecular complexity index is 158. The molecular formula is C11H21N. The largest absolute Gasteiger partial charge is 0.363 e. The zero-order valence-electron chi connectivity index (χ0n) is 8.61. The molecule has 0 bridgehead atoms. The lowest BCUT2D eigenvalue weighted by Crippen LogP contribution is -2.15. The fourth-order valence-corrected chi connectivity index (χ4v) is 1.08. The van der Waals surface area contributed by atoms with E-state index in [-0.39, 0.29) is 0 Å². The van der Waals surface area contributed by atoms with Gasteiger partial charge in [0.05, 0.1) is 0 Å². The molecule has 70 valence electrons. The Morgan fingerprint density at radius 3 is 2.42 bits per heavy atom. The topological polar surface area (TPSA) is 12.0 Å². The maximum Gasteiger partial charge on any atom is 0.0104 e. The van der Waals surface area contributed by atoms with E-state index < -0.39 is 0 Å². The second-order valence-electron chi connectivity index (χ2n) is 3.47. The minimum absolute atomic E-state index is 0.557. The van der Waals surface area contributed by atoms with Gasteiger partial charge in [0.1, 0.15) is 0 Å². The van der Waals surface area contributed by atoms with Crippen LogP contribution in [-0.4, -0.2) is 0 Å². The predicted molar refractivity (Wildman–Crippen MR) is 55.8 cm³/mol. The van der Waals surface area contributed by atoms with Crippen LogP contribution in [0.25, 0.3) is 0 Å². The monoisotopic (exact) mass is 167 g/mol. The average Bonchev–Trinajstić information content (AvgIpc) is 1.98. The summed E-state index contributed by atoms with van der Waals surface area (Å²) in [5.74, 6) is 0.557. The van der Waals surface area contributed by atoms with Gasteiger partial charge in [0.15, 0.2) is 0 Å². The van der Waals surface area contributed by atoms with E-state index in [1.807, 2.05) is 6.92 Å². The first-order valence-corrected chi connectivity index (χ1v) is 4.69. The third-order valence-electron chi connectivity index (χ3n) is 1.96. The highest BCUT2D eigenvalue weighted by Crippen LogP contribution is 2.14. The molecule has 0 aromatic carbocycles. The molecule has 12 heavy (non-hydrogen) atoms. The van der Waals surface area contributed by atoms with Crippen LogP contribution in [0.5, 0.6) is 0 Å². The maximum absolute atomic E-state index is 3.98. The summed E-state index contributed by atoms with van der Waals surface area (Å²) in [5.41, 5.74) is 2.07. The number of allylic oxidation sites excluding steroid dienone is 2. The summed E-state index contributed by atoms with van der Waals surface area (Å²) < 4.78 is 0. The van der Waals surface area contributed by atoms with Gasteiger partial charge < -0.3 is 5.32 Å². The van der Waals surface area contributed by atoms with Gasteiger partial charge in [0.25, 0.3) is 0 Å². The van der Waals surface area contributed by atoms with E-state index >= 15 is 0 Å². The molecule has 1 heteroatoms. The van der Waals surface area contributed by atoms with Crippen LogP contribution in [0.1, 0.15) is 40.0 Å². The summed E-state index contributed by atoms with van der Waals surface area (Å²) in [5, 5.41) is 3.16. The van der Waals surface area contributed by atoms with E-state index in [1.54, 1.807) is 0 Å². The molecule has 0 aliphatic rings. The molecule has 0 spiro atoms. The predicted octanol–water partition coefficient (Wildman–Crippen LogP) is 3.45. The number of nitrogens with one attached hydrogen (secondary N) is 1. The van der Waals surface area contributed by atoms with Crippen molar-refractivity contribution in [2.75, 3.05) is 0 Å². The molecule has 0 rings (SSSR count). The van der Waals surface area contributed by atoms with Crippen molar-refractivity contribution in [1.29, 1.82) is 0 Å². The van der Waals surface area contributed by atoms with Gasteiger partial charge in [-0.1, -0.05) is 39.8 Å². The van der Waals surface area contributed by atoms with Crippen LogP contribution in [0.3, 0.4) is 0 Å². The highest BCUT2D eigenvalue weighted by atomic mass is 14.9. The smallest absolute Gasteiger partial charge is 0.0104 e. The Labute approximate surface area is 76.6 Å². The molecule has 0 heterocycles. The summed E-state index contributed by atoms with van der Waals surface area (Å²) in [7, 11) is 0. The van der Waals surface area contributed by atoms with Gasteiger partial charge in [-0.2, -0.15) is 0 Å². The van der Waals surface area contributed by atoms with Gasteiger partial charge in [-0.3, -0.25) is 0 Å². The summed E-state index contributed by atoms with van der Waals surface area (Å²) in [6.45, 7) is 14.1. The third kappa shape index (κ3) is 5.00. The Kier molecular flexibility index (Phi) is 5.52. The third-order valence-corrected chi connectivity index (χ3v) is 1.96. The lowest BCUT2D eigenvalue weighted by atomic mass is 10.0. The van der Waals surface area contributed by atoms with Gasteiger partial charge >= 0.3 is 0 Å². The van der Waals surface area contributed by atoms with Crippen molar-refractivity contribution in [3.05, 3.63) is 24.6 Å². The summed E-state index contributed by atoms with van der Waals surface area (Å²) in [6, 6.07) is 0. The number of hydrogen-bond acceptors (Lipinski definition) is 1. The molecule has 0 fully saturated rings. The lowest BCUT2D eigenvalue weighted by Gasteiger charge is -2.16. The van der Waals surface area contributed by atoms with E-state index in [0.717, 1.165) is 11.4 Å². The number of hydrogen-bond donors (Lipinski definition) is 1. The standard InChI is InChI=1S/C11H21N/c1-6-7-8-10(4)11(5)12-9(2)3/h10,12H,2,5-8H2,1,3-4H3. The molecule has 0 saturated carbocycles. The first-order chi connectivity index (χ1) is 5.57. The minimum atomic E-state index is 0.557. The zero-order chi connectivity index (χ0) is 9.56. The van der Waals surface area contributed by atoms with E-state index in [0.29, 0.717) is 5.92 Å². The van der Waals surface area contributed by atoms with E-state index in [9.17, 15) is 0 Å². The van der Waals surface area contributed by atoms with Crippen molar-refractivity contribution in [3.63, 3.8) is 0 Å². The fourth-order valence-electron chi connectivity index (χ4n) is 1.08. The molecule has 1 N–H and O–H groups in total.